The number of furan rings is 1. The SMILES string of the molecule is CC(NC(c1ccco1)c1ccc(Cl)s1)C(C)(C)C. The van der Waals surface area contributed by atoms with Gasteiger partial charge in [0.2, 0.25) is 0 Å². The molecule has 1 N–H and O–H groups in total. The maximum absolute atomic E-state index is 6.05. The van der Waals surface area contributed by atoms with Crippen LogP contribution >= 0.6 is 22.9 Å². The first kappa shape index (κ1) is 14.6. The van der Waals surface area contributed by atoms with Crippen molar-refractivity contribution in [2.75, 3.05) is 0 Å². The number of rotatable bonds is 4. The summed E-state index contributed by atoms with van der Waals surface area (Å²) < 4.78 is 6.38. The van der Waals surface area contributed by atoms with Crippen LogP contribution in [0, 0.1) is 5.41 Å². The molecular weight excluding hydrogens is 278 g/mol. The summed E-state index contributed by atoms with van der Waals surface area (Å²) in [6, 6.07) is 8.32. The van der Waals surface area contributed by atoms with Gasteiger partial charge in [-0.05, 0) is 36.6 Å². The Hall–Kier alpha value is -0.770. The van der Waals surface area contributed by atoms with E-state index in [0.717, 1.165) is 10.1 Å². The van der Waals surface area contributed by atoms with Crippen molar-refractivity contribution in [1.82, 2.24) is 5.32 Å². The highest BCUT2D eigenvalue weighted by molar-refractivity contribution is 7.16. The van der Waals surface area contributed by atoms with Gasteiger partial charge in [-0.1, -0.05) is 32.4 Å². The smallest absolute Gasteiger partial charge is 0.126 e. The largest absolute Gasteiger partial charge is 0.467 e. The highest BCUT2D eigenvalue weighted by Crippen LogP contribution is 2.33. The molecule has 0 fully saturated rings. The Morgan fingerprint density at radius 1 is 1.26 bits per heavy atom. The summed E-state index contributed by atoms with van der Waals surface area (Å²) in [4.78, 5) is 1.18. The molecule has 0 aromatic carbocycles. The Bertz CT molecular complexity index is 512. The molecule has 2 atom stereocenters. The van der Waals surface area contributed by atoms with Crippen LogP contribution in [0.5, 0.6) is 0 Å². The summed E-state index contributed by atoms with van der Waals surface area (Å²) in [6.07, 6.45) is 1.71. The van der Waals surface area contributed by atoms with Crippen LogP contribution in [0.1, 0.15) is 44.4 Å². The van der Waals surface area contributed by atoms with Crippen LogP contribution in [0.15, 0.2) is 34.9 Å². The summed E-state index contributed by atoms with van der Waals surface area (Å²) in [5.74, 6) is 0.926. The molecule has 0 amide bonds. The van der Waals surface area contributed by atoms with Gasteiger partial charge in [-0.15, -0.1) is 11.3 Å². The lowest BCUT2D eigenvalue weighted by Gasteiger charge is -2.31. The number of thiophene rings is 1. The highest BCUT2D eigenvalue weighted by atomic mass is 35.5. The summed E-state index contributed by atoms with van der Waals surface area (Å²) in [6.45, 7) is 8.88. The van der Waals surface area contributed by atoms with Gasteiger partial charge in [-0.2, -0.15) is 0 Å². The molecule has 2 unspecified atom stereocenters. The second kappa shape index (κ2) is 5.70. The van der Waals surface area contributed by atoms with Gasteiger partial charge in [0, 0.05) is 10.9 Å². The van der Waals surface area contributed by atoms with Crippen molar-refractivity contribution < 1.29 is 4.42 Å². The van der Waals surface area contributed by atoms with E-state index in [-0.39, 0.29) is 11.5 Å². The number of nitrogens with one attached hydrogen (secondary N) is 1. The molecule has 0 aliphatic carbocycles. The van der Waals surface area contributed by atoms with Gasteiger partial charge in [0.05, 0.1) is 10.6 Å². The zero-order valence-electron chi connectivity index (χ0n) is 11.7. The molecule has 2 heterocycles. The first-order valence-corrected chi connectivity index (χ1v) is 7.62. The van der Waals surface area contributed by atoms with Crippen LogP contribution in [0.25, 0.3) is 0 Å². The van der Waals surface area contributed by atoms with Crippen molar-refractivity contribution >= 4 is 22.9 Å². The van der Waals surface area contributed by atoms with Crippen molar-refractivity contribution in [3.05, 3.63) is 45.5 Å². The summed E-state index contributed by atoms with van der Waals surface area (Å²) >= 11 is 7.64. The molecule has 104 valence electrons. The van der Waals surface area contributed by atoms with E-state index in [9.17, 15) is 0 Å². The van der Waals surface area contributed by atoms with Crippen LogP contribution in [0.4, 0.5) is 0 Å². The van der Waals surface area contributed by atoms with Crippen molar-refractivity contribution in [2.45, 2.75) is 39.8 Å². The van der Waals surface area contributed by atoms with E-state index in [2.05, 4.69) is 39.1 Å². The second-order valence-corrected chi connectivity index (χ2v) is 7.59. The first-order valence-electron chi connectivity index (χ1n) is 6.42. The fourth-order valence-corrected chi connectivity index (χ4v) is 2.87. The maximum Gasteiger partial charge on any atom is 0.126 e. The summed E-state index contributed by atoms with van der Waals surface area (Å²) in [5, 5.41) is 3.65. The van der Waals surface area contributed by atoms with Gasteiger partial charge in [0.1, 0.15) is 11.8 Å². The van der Waals surface area contributed by atoms with E-state index in [4.69, 9.17) is 16.0 Å². The minimum Gasteiger partial charge on any atom is -0.467 e. The zero-order chi connectivity index (χ0) is 14.0. The number of hydrogen-bond acceptors (Lipinski definition) is 3. The van der Waals surface area contributed by atoms with Gasteiger partial charge in [-0.25, -0.2) is 0 Å². The molecule has 0 saturated heterocycles. The molecule has 0 saturated carbocycles. The molecule has 2 aromatic heterocycles. The Kier molecular flexibility index (Phi) is 4.39. The van der Waals surface area contributed by atoms with E-state index in [1.165, 1.54) is 4.88 Å². The second-order valence-electron chi connectivity index (χ2n) is 5.84. The predicted octanol–water partition coefficient (Wildman–Crippen LogP) is 5.11. The molecule has 0 radical (unpaired) electrons. The van der Waals surface area contributed by atoms with Crippen molar-refractivity contribution in [2.24, 2.45) is 5.41 Å². The third-order valence-electron chi connectivity index (χ3n) is 3.42. The van der Waals surface area contributed by atoms with Crippen LogP contribution in [0.3, 0.4) is 0 Å². The lowest BCUT2D eigenvalue weighted by Crippen LogP contribution is -2.40. The first-order chi connectivity index (χ1) is 8.88. The molecule has 0 bridgehead atoms. The van der Waals surface area contributed by atoms with Crippen LogP contribution < -0.4 is 5.32 Å². The molecule has 0 aliphatic heterocycles. The van der Waals surface area contributed by atoms with Gasteiger partial charge in [0.25, 0.3) is 0 Å². The predicted molar refractivity (Wildman–Crippen MR) is 81.9 cm³/mol. The molecule has 19 heavy (non-hydrogen) atoms. The maximum atomic E-state index is 6.05. The van der Waals surface area contributed by atoms with Crippen molar-refractivity contribution in [3.63, 3.8) is 0 Å². The summed E-state index contributed by atoms with van der Waals surface area (Å²) in [7, 11) is 0. The van der Waals surface area contributed by atoms with E-state index < -0.39 is 0 Å². The molecular formula is C15H20ClNOS. The van der Waals surface area contributed by atoms with Crippen molar-refractivity contribution in [1.29, 1.82) is 0 Å². The van der Waals surface area contributed by atoms with Crippen LogP contribution in [-0.4, -0.2) is 6.04 Å². The number of halogens is 1. The van der Waals surface area contributed by atoms with Crippen LogP contribution in [-0.2, 0) is 0 Å². The average Bonchev–Trinajstić information content (AvgIpc) is 2.95. The molecule has 4 heteroatoms. The lowest BCUT2D eigenvalue weighted by atomic mass is 9.87. The topological polar surface area (TPSA) is 25.2 Å². The Balaban J connectivity index is 2.26. The van der Waals surface area contributed by atoms with Gasteiger partial charge in [0.15, 0.2) is 0 Å². The van der Waals surface area contributed by atoms with Crippen molar-refractivity contribution in [3.8, 4) is 0 Å². The molecule has 0 aliphatic rings. The molecule has 0 spiro atoms. The third-order valence-corrected chi connectivity index (χ3v) is 4.72. The van der Waals surface area contributed by atoms with Gasteiger partial charge in [-0.3, -0.25) is 5.32 Å². The Morgan fingerprint density at radius 2 is 2.00 bits per heavy atom. The van der Waals surface area contributed by atoms with E-state index in [1.807, 2.05) is 18.2 Å². The molecule has 2 aromatic rings. The lowest BCUT2D eigenvalue weighted by molar-refractivity contribution is 0.264. The van der Waals surface area contributed by atoms with E-state index >= 15 is 0 Å². The van der Waals surface area contributed by atoms with Gasteiger partial charge >= 0.3 is 0 Å². The fraction of sp³-hybridized carbons (Fsp3) is 0.467. The highest BCUT2D eigenvalue weighted by Gasteiger charge is 2.26. The Labute approximate surface area is 123 Å². The van der Waals surface area contributed by atoms with E-state index in [0.29, 0.717) is 6.04 Å². The monoisotopic (exact) mass is 297 g/mol. The zero-order valence-corrected chi connectivity index (χ0v) is 13.3. The van der Waals surface area contributed by atoms with E-state index in [1.54, 1.807) is 17.6 Å². The Morgan fingerprint density at radius 3 is 2.47 bits per heavy atom. The minimum atomic E-state index is 0.0572. The normalized spacial score (nSPS) is 15.4. The average molecular weight is 298 g/mol. The minimum absolute atomic E-state index is 0.0572. The standard InChI is InChI=1S/C15H20ClNOS/c1-10(15(2,3)4)17-14(11-6-5-9-18-11)12-7-8-13(16)19-12/h5-10,14,17H,1-4H3. The molecule has 2 nitrogen and oxygen atoms in total. The fourth-order valence-electron chi connectivity index (χ4n) is 1.74. The quantitative estimate of drug-likeness (QED) is 0.848. The summed E-state index contributed by atoms with van der Waals surface area (Å²) in [5.41, 5.74) is 0.186. The van der Waals surface area contributed by atoms with Gasteiger partial charge < -0.3 is 4.42 Å². The number of hydrogen-bond donors (Lipinski definition) is 1. The third kappa shape index (κ3) is 3.62. The van der Waals surface area contributed by atoms with Crippen LogP contribution in [0.2, 0.25) is 4.34 Å². The molecule has 2 rings (SSSR count).